The van der Waals surface area contributed by atoms with Gasteiger partial charge in [0, 0.05) is 32.7 Å². The molecule has 6 nitrogen and oxygen atoms in total. The molecule has 1 saturated heterocycles. The summed E-state index contributed by atoms with van der Waals surface area (Å²) in [5.74, 6) is -1.08. The number of amides is 1. The number of sulfonamides is 1. The zero-order valence-electron chi connectivity index (χ0n) is 19.4. The van der Waals surface area contributed by atoms with Gasteiger partial charge in [0.05, 0.1) is 17.1 Å². The van der Waals surface area contributed by atoms with Gasteiger partial charge in [-0.15, -0.1) is 0 Å². The average Bonchev–Trinajstić information content (AvgIpc) is 2.85. The minimum Gasteiger partial charge on any atom is -0.366 e. The van der Waals surface area contributed by atoms with Crippen molar-refractivity contribution in [2.24, 2.45) is 0 Å². The van der Waals surface area contributed by atoms with Gasteiger partial charge in [0.25, 0.3) is 0 Å². The highest BCUT2D eigenvalue weighted by atomic mass is 32.2. The van der Waals surface area contributed by atoms with E-state index >= 15 is 0 Å². The van der Waals surface area contributed by atoms with Gasteiger partial charge < -0.3 is 9.80 Å². The number of piperazine rings is 1. The zero-order valence-corrected chi connectivity index (χ0v) is 20.2. The number of anilines is 1. The first kappa shape index (κ1) is 24.8. The van der Waals surface area contributed by atoms with E-state index in [1.165, 1.54) is 42.5 Å². The van der Waals surface area contributed by atoms with Gasteiger partial charge in [-0.25, -0.2) is 17.2 Å². The summed E-state index contributed by atoms with van der Waals surface area (Å²) in [7, 11) is -3.99. The summed E-state index contributed by atoms with van der Waals surface area (Å²) in [6, 6.07) is 18.4. The second-order valence-corrected chi connectivity index (χ2v) is 10.5. The normalized spacial score (nSPS) is 14.4. The third kappa shape index (κ3) is 5.86. The van der Waals surface area contributed by atoms with Gasteiger partial charge >= 0.3 is 0 Å². The van der Waals surface area contributed by atoms with Crippen LogP contribution in [0.2, 0.25) is 0 Å². The first-order chi connectivity index (χ1) is 16.7. The monoisotopic (exact) mass is 499 g/mol. The molecule has 1 fully saturated rings. The van der Waals surface area contributed by atoms with E-state index in [4.69, 9.17) is 0 Å². The van der Waals surface area contributed by atoms with Crippen LogP contribution in [0.15, 0.2) is 77.7 Å². The van der Waals surface area contributed by atoms with Gasteiger partial charge in [-0.1, -0.05) is 42.0 Å². The Hall–Kier alpha value is -3.30. The fourth-order valence-corrected chi connectivity index (χ4v) is 5.41. The molecule has 9 heteroatoms. The standard InChI is InChI=1S/C26H27F2N3O3S/c1-20-6-12-23(13-7-20)35(33,34)31(18-21-8-10-22(27)11-9-21)19-26(32)30-16-14-29(15-17-30)25-5-3-2-4-24(25)28/h2-13H,14-19H2,1H3. The first-order valence-electron chi connectivity index (χ1n) is 11.3. The van der Waals surface area contributed by atoms with Crippen LogP contribution in [0, 0.1) is 18.6 Å². The van der Waals surface area contributed by atoms with Crippen molar-refractivity contribution in [2.45, 2.75) is 18.4 Å². The summed E-state index contributed by atoms with van der Waals surface area (Å²) in [4.78, 5) is 16.7. The van der Waals surface area contributed by atoms with E-state index in [-0.39, 0.29) is 29.7 Å². The summed E-state index contributed by atoms with van der Waals surface area (Å²) in [6.45, 7) is 3.01. The Bertz CT molecular complexity index is 1270. The van der Waals surface area contributed by atoms with E-state index in [0.717, 1.165) is 9.87 Å². The molecule has 1 amide bonds. The molecule has 0 atom stereocenters. The van der Waals surface area contributed by atoms with E-state index in [1.54, 1.807) is 35.2 Å². The largest absolute Gasteiger partial charge is 0.366 e. The van der Waals surface area contributed by atoms with Crippen LogP contribution in [0.25, 0.3) is 0 Å². The Balaban J connectivity index is 1.50. The molecule has 3 aromatic rings. The maximum Gasteiger partial charge on any atom is 0.243 e. The summed E-state index contributed by atoms with van der Waals surface area (Å²) in [5, 5.41) is 0. The van der Waals surface area contributed by atoms with Gasteiger partial charge in [0.1, 0.15) is 11.6 Å². The Kier molecular flexibility index (Phi) is 7.47. The number of carbonyl (C=O) groups is 1. The fourth-order valence-electron chi connectivity index (χ4n) is 4.03. The van der Waals surface area contributed by atoms with E-state index in [9.17, 15) is 22.0 Å². The highest BCUT2D eigenvalue weighted by Gasteiger charge is 2.30. The molecule has 184 valence electrons. The minimum absolute atomic E-state index is 0.0720. The fraction of sp³-hybridized carbons (Fsp3) is 0.269. The molecule has 35 heavy (non-hydrogen) atoms. The van der Waals surface area contributed by atoms with E-state index in [2.05, 4.69) is 0 Å². The summed E-state index contributed by atoms with van der Waals surface area (Å²) in [6.07, 6.45) is 0. The number of benzene rings is 3. The smallest absolute Gasteiger partial charge is 0.243 e. The van der Waals surface area contributed by atoms with Crippen LogP contribution in [-0.4, -0.2) is 56.3 Å². The molecular formula is C26H27F2N3O3S. The third-order valence-corrected chi connectivity index (χ3v) is 7.87. The van der Waals surface area contributed by atoms with Crippen molar-refractivity contribution in [1.29, 1.82) is 0 Å². The third-order valence-electron chi connectivity index (χ3n) is 6.07. The van der Waals surface area contributed by atoms with Crippen LogP contribution in [0.4, 0.5) is 14.5 Å². The van der Waals surface area contributed by atoms with Crippen LogP contribution in [-0.2, 0) is 21.4 Å². The van der Waals surface area contributed by atoms with Crippen molar-refractivity contribution in [2.75, 3.05) is 37.6 Å². The number of rotatable bonds is 7. The Labute approximate surface area is 204 Å². The Morgan fingerprint density at radius 2 is 1.51 bits per heavy atom. The number of aryl methyl sites for hydroxylation is 1. The number of hydrogen-bond donors (Lipinski definition) is 0. The number of carbonyl (C=O) groups excluding carboxylic acids is 1. The van der Waals surface area contributed by atoms with E-state index in [0.29, 0.717) is 37.4 Å². The predicted octanol–water partition coefficient (Wildman–Crippen LogP) is 3.81. The van der Waals surface area contributed by atoms with Gasteiger partial charge in [-0.05, 0) is 48.9 Å². The highest BCUT2D eigenvalue weighted by Crippen LogP contribution is 2.22. The SMILES string of the molecule is Cc1ccc(S(=O)(=O)N(CC(=O)N2CCN(c3ccccc3F)CC2)Cc2ccc(F)cc2)cc1. The van der Waals surface area contributed by atoms with Gasteiger partial charge in [-0.2, -0.15) is 4.31 Å². The van der Waals surface area contributed by atoms with Gasteiger partial charge in [0.2, 0.25) is 15.9 Å². The van der Waals surface area contributed by atoms with Gasteiger partial charge in [0.15, 0.2) is 0 Å². The zero-order chi connectivity index (χ0) is 25.0. The molecular weight excluding hydrogens is 472 g/mol. The molecule has 4 rings (SSSR count). The van der Waals surface area contributed by atoms with Crippen molar-refractivity contribution < 1.29 is 22.0 Å². The number of nitrogens with zero attached hydrogens (tertiary/aromatic N) is 3. The lowest BCUT2D eigenvalue weighted by molar-refractivity contribution is -0.131. The molecule has 0 aliphatic carbocycles. The Morgan fingerprint density at radius 1 is 0.886 bits per heavy atom. The molecule has 0 unspecified atom stereocenters. The molecule has 1 heterocycles. The molecule has 0 radical (unpaired) electrons. The van der Waals surface area contributed by atoms with Crippen LogP contribution >= 0.6 is 0 Å². The highest BCUT2D eigenvalue weighted by molar-refractivity contribution is 7.89. The van der Waals surface area contributed by atoms with Crippen molar-refractivity contribution in [3.05, 3.63) is 95.6 Å². The summed E-state index contributed by atoms with van der Waals surface area (Å²) in [5.41, 5.74) is 1.97. The molecule has 3 aromatic carbocycles. The topological polar surface area (TPSA) is 60.9 Å². The second kappa shape index (κ2) is 10.5. The summed E-state index contributed by atoms with van der Waals surface area (Å²) >= 11 is 0. The first-order valence-corrected chi connectivity index (χ1v) is 12.8. The average molecular weight is 500 g/mol. The molecule has 0 spiro atoms. The van der Waals surface area contributed by atoms with Crippen molar-refractivity contribution >= 4 is 21.6 Å². The second-order valence-electron chi connectivity index (χ2n) is 8.53. The van der Waals surface area contributed by atoms with Crippen molar-refractivity contribution in [3.63, 3.8) is 0 Å². The molecule has 1 aliphatic rings. The molecule has 0 N–H and O–H groups in total. The molecule has 1 aliphatic heterocycles. The van der Waals surface area contributed by atoms with Crippen LogP contribution < -0.4 is 4.90 Å². The number of para-hydroxylation sites is 1. The molecule has 0 bridgehead atoms. The quantitative estimate of drug-likeness (QED) is 0.496. The van der Waals surface area contributed by atoms with Crippen LogP contribution in [0.3, 0.4) is 0 Å². The van der Waals surface area contributed by atoms with E-state index in [1.807, 2.05) is 11.8 Å². The lowest BCUT2D eigenvalue weighted by Crippen LogP contribution is -2.52. The number of halogens is 2. The lowest BCUT2D eigenvalue weighted by atomic mass is 10.2. The van der Waals surface area contributed by atoms with Crippen molar-refractivity contribution in [3.8, 4) is 0 Å². The van der Waals surface area contributed by atoms with Crippen LogP contribution in [0.5, 0.6) is 0 Å². The molecule has 0 aromatic heterocycles. The maximum atomic E-state index is 14.1. The van der Waals surface area contributed by atoms with Crippen molar-refractivity contribution in [1.82, 2.24) is 9.21 Å². The van der Waals surface area contributed by atoms with E-state index < -0.39 is 15.8 Å². The Morgan fingerprint density at radius 3 is 2.14 bits per heavy atom. The lowest BCUT2D eigenvalue weighted by Gasteiger charge is -2.37. The number of hydrogen-bond acceptors (Lipinski definition) is 4. The maximum absolute atomic E-state index is 14.1. The molecule has 0 saturated carbocycles. The minimum atomic E-state index is -3.99. The van der Waals surface area contributed by atoms with Gasteiger partial charge in [-0.3, -0.25) is 4.79 Å². The summed E-state index contributed by atoms with van der Waals surface area (Å²) < 4.78 is 55.5. The van der Waals surface area contributed by atoms with Crippen LogP contribution in [0.1, 0.15) is 11.1 Å². The predicted molar refractivity (Wildman–Crippen MR) is 130 cm³/mol.